The quantitative estimate of drug-likeness (QED) is 0.706. The molecule has 2 fully saturated rings. The second kappa shape index (κ2) is 10.2. The van der Waals surface area contributed by atoms with Crippen LogP contribution in [0.4, 0.5) is 0 Å². The van der Waals surface area contributed by atoms with Gasteiger partial charge < -0.3 is 20.1 Å². The summed E-state index contributed by atoms with van der Waals surface area (Å²) in [6.45, 7) is 3.91. The Labute approximate surface area is 180 Å². The highest BCUT2D eigenvalue weighted by atomic mass is 16.5. The molecule has 2 aliphatic carbocycles. The summed E-state index contributed by atoms with van der Waals surface area (Å²) in [6.07, 6.45) is 8.63. The highest BCUT2D eigenvalue weighted by Crippen LogP contribution is 2.40. The van der Waals surface area contributed by atoms with Gasteiger partial charge in [-0.2, -0.15) is 0 Å². The van der Waals surface area contributed by atoms with E-state index in [0.717, 1.165) is 24.7 Å². The van der Waals surface area contributed by atoms with Crippen LogP contribution in [0, 0.1) is 17.8 Å². The summed E-state index contributed by atoms with van der Waals surface area (Å²) in [6, 6.07) is 4.64. The minimum Gasteiger partial charge on any atom is -0.497 e. The normalized spacial score (nSPS) is 24.5. The number of rotatable bonds is 7. The predicted molar refractivity (Wildman–Crippen MR) is 117 cm³/mol. The van der Waals surface area contributed by atoms with Gasteiger partial charge in [-0.15, -0.1) is 0 Å². The van der Waals surface area contributed by atoms with Crippen molar-refractivity contribution in [1.82, 2.24) is 10.6 Å². The lowest BCUT2D eigenvalue weighted by Gasteiger charge is -2.40. The fraction of sp³-hybridized carbons (Fsp3) is 0.667. The second-order valence-electron chi connectivity index (χ2n) is 9.12. The molecule has 0 heterocycles. The van der Waals surface area contributed by atoms with E-state index < -0.39 is 6.04 Å². The van der Waals surface area contributed by atoms with Crippen LogP contribution in [-0.4, -0.2) is 38.1 Å². The van der Waals surface area contributed by atoms with Crippen LogP contribution in [0.2, 0.25) is 0 Å². The van der Waals surface area contributed by atoms with Crippen LogP contribution in [-0.2, 0) is 4.79 Å². The van der Waals surface area contributed by atoms with Gasteiger partial charge in [-0.05, 0) is 49.1 Å². The molecule has 2 aliphatic rings. The van der Waals surface area contributed by atoms with Gasteiger partial charge in [-0.25, -0.2) is 0 Å². The lowest BCUT2D eigenvalue weighted by molar-refractivity contribution is -0.125. The average molecular weight is 417 g/mol. The van der Waals surface area contributed by atoms with Gasteiger partial charge in [0.05, 0.1) is 14.2 Å². The smallest absolute Gasteiger partial charge is 0.252 e. The number of benzene rings is 1. The highest BCUT2D eigenvalue weighted by Gasteiger charge is 2.34. The Bertz CT molecular complexity index is 726. The summed E-state index contributed by atoms with van der Waals surface area (Å²) >= 11 is 0. The summed E-state index contributed by atoms with van der Waals surface area (Å²) in [7, 11) is 3.09. The molecule has 4 atom stereocenters. The van der Waals surface area contributed by atoms with E-state index in [1.165, 1.54) is 32.1 Å². The number of fused-ring (bicyclic) bond motifs is 1. The number of carbonyl (C=O) groups excluding carboxylic acids is 2. The Hall–Kier alpha value is -2.24. The van der Waals surface area contributed by atoms with Crippen LogP contribution < -0.4 is 20.1 Å². The highest BCUT2D eigenvalue weighted by molar-refractivity contribution is 5.98. The topological polar surface area (TPSA) is 76.7 Å². The molecule has 1 aromatic rings. The van der Waals surface area contributed by atoms with Gasteiger partial charge in [0.25, 0.3) is 5.91 Å². The molecule has 2 amide bonds. The fourth-order valence-electron chi connectivity index (χ4n) is 4.99. The molecule has 2 saturated carbocycles. The first kappa shape index (κ1) is 22.4. The van der Waals surface area contributed by atoms with Gasteiger partial charge >= 0.3 is 0 Å². The zero-order valence-electron chi connectivity index (χ0n) is 18.7. The van der Waals surface area contributed by atoms with Crippen LogP contribution in [0.3, 0.4) is 0 Å². The SMILES string of the molecule is COc1cc(OC)cc(C(=O)N[C@H](C(=O)N[C@@H]2CC[C@H]3CCCC[C@H]3C2)C(C)C)c1. The van der Waals surface area contributed by atoms with Gasteiger partial charge in [0.15, 0.2) is 0 Å². The molecular formula is C24H36N2O4. The Morgan fingerprint density at radius 1 is 0.933 bits per heavy atom. The summed E-state index contributed by atoms with van der Waals surface area (Å²) in [5, 5.41) is 6.15. The Morgan fingerprint density at radius 3 is 2.17 bits per heavy atom. The van der Waals surface area contributed by atoms with Crippen molar-refractivity contribution >= 4 is 11.8 Å². The number of carbonyl (C=O) groups is 2. The zero-order chi connectivity index (χ0) is 21.7. The third-order valence-corrected chi connectivity index (χ3v) is 6.74. The summed E-state index contributed by atoms with van der Waals surface area (Å²) in [5.41, 5.74) is 0.410. The molecule has 0 spiro atoms. The molecule has 3 rings (SSSR count). The van der Waals surface area contributed by atoms with Crippen molar-refractivity contribution in [2.75, 3.05) is 14.2 Å². The standard InChI is InChI=1S/C24H36N2O4/c1-15(2)22(26-23(27)18-12-20(29-3)14-21(13-18)30-4)24(28)25-19-10-9-16-7-5-6-8-17(16)11-19/h12-17,19,22H,5-11H2,1-4H3,(H,25,28)(H,26,27)/t16-,17+,19-,22+/m1/s1. The molecule has 0 radical (unpaired) electrons. The summed E-state index contributed by atoms with van der Waals surface area (Å²) < 4.78 is 10.5. The van der Waals surface area contributed by atoms with E-state index in [1.807, 2.05) is 13.8 Å². The minimum atomic E-state index is -0.584. The van der Waals surface area contributed by atoms with Crippen molar-refractivity contribution in [1.29, 1.82) is 0 Å². The maximum Gasteiger partial charge on any atom is 0.252 e. The van der Waals surface area contributed by atoms with E-state index in [4.69, 9.17) is 9.47 Å². The molecule has 2 N–H and O–H groups in total. The molecular weight excluding hydrogens is 380 g/mol. The Morgan fingerprint density at radius 2 is 1.57 bits per heavy atom. The average Bonchev–Trinajstić information content (AvgIpc) is 2.76. The predicted octanol–water partition coefficient (Wildman–Crippen LogP) is 3.93. The van der Waals surface area contributed by atoms with Crippen LogP contribution in [0.5, 0.6) is 11.5 Å². The lowest BCUT2D eigenvalue weighted by Crippen LogP contribution is -2.53. The number of nitrogens with one attached hydrogen (secondary N) is 2. The van der Waals surface area contributed by atoms with E-state index in [1.54, 1.807) is 32.4 Å². The van der Waals surface area contributed by atoms with E-state index in [2.05, 4.69) is 10.6 Å². The maximum absolute atomic E-state index is 13.1. The first-order chi connectivity index (χ1) is 14.4. The third-order valence-electron chi connectivity index (χ3n) is 6.74. The number of hydrogen-bond acceptors (Lipinski definition) is 4. The van der Waals surface area contributed by atoms with Gasteiger partial charge in [-0.3, -0.25) is 9.59 Å². The molecule has 30 heavy (non-hydrogen) atoms. The Kier molecular flexibility index (Phi) is 7.62. The minimum absolute atomic E-state index is 0.0209. The number of hydrogen-bond donors (Lipinski definition) is 2. The van der Waals surface area contributed by atoms with E-state index >= 15 is 0 Å². The van der Waals surface area contributed by atoms with Crippen molar-refractivity contribution < 1.29 is 19.1 Å². The molecule has 166 valence electrons. The molecule has 0 aromatic heterocycles. The maximum atomic E-state index is 13.1. The van der Waals surface area contributed by atoms with Crippen LogP contribution >= 0.6 is 0 Å². The lowest BCUT2D eigenvalue weighted by atomic mass is 9.69. The van der Waals surface area contributed by atoms with Crippen molar-refractivity contribution in [2.45, 2.75) is 70.9 Å². The van der Waals surface area contributed by atoms with E-state index in [9.17, 15) is 9.59 Å². The van der Waals surface area contributed by atoms with E-state index in [-0.39, 0.29) is 23.8 Å². The Balaban J connectivity index is 1.64. The molecule has 0 aliphatic heterocycles. The molecule has 6 heteroatoms. The van der Waals surface area contributed by atoms with Crippen molar-refractivity contribution in [2.24, 2.45) is 17.8 Å². The van der Waals surface area contributed by atoms with Gasteiger partial charge in [0.2, 0.25) is 5.91 Å². The zero-order valence-corrected chi connectivity index (χ0v) is 18.7. The van der Waals surface area contributed by atoms with Crippen LogP contribution in [0.1, 0.15) is 69.2 Å². The molecule has 0 bridgehead atoms. The van der Waals surface area contributed by atoms with Crippen molar-refractivity contribution in [3.05, 3.63) is 23.8 Å². The van der Waals surface area contributed by atoms with Crippen LogP contribution in [0.25, 0.3) is 0 Å². The summed E-state index contributed by atoms with van der Waals surface area (Å²) in [4.78, 5) is 25.9. The third kappa shape index (κ3) is 5.46. The second-order valence-corrected chi connectivity index (χ2v) is 9.12. The summed E-state index contributed by atoms with van der Waals surface area (Å²) in [5.74, 6) is 2.24. The molecule has 0 unspecified atom stereocenters. The van der Waals surface area contributed by atoms with Crippen molar-refractivity contribution in [3.63, 3.8) is 0 Å². The van der Waals surface area contributed by atoms with Gasteiger partial charge in [-0.1, -0.05) is 39.5 Å². The largest absolute Gasteiger partial charge is 0.497 e. The number of methoxy groups -OCH3 is 2. The fourth-order valence-corrected chi connectivity index (χ4v) is 4.99. The van der Waals surface area contributed by atoms with Gasteiger partial charge in [0, 0.05) is 17.7 Å². The number of ether oxygens (including phenoxy) is 2. The molecule has 1 aromatic carbocycles. The van der Waals surface area contributed by atoms with E-state index in [0.29, 0.717) is 17.1 Å². The number of amides is 2. The monoisotopic (exact) mass is 416 g/mol. The van der Waals surface area contributed by atoms with Crippen molar-refractivity contribution in [3.8, 4) is 11.5 Å². The molecule has 0 saturated heterocycles. The molecule has 6 nitrogen and oxygen atoms in total. The van der Waals surface area contributed by atoms with Gasteiger partial charge in [0.1, 0.15) is 17.5 Å². The first-order valence-corrected chi connectivity index (χ1v) is 11.3. The van der Waals surface area contributed by atoms with Crippen LogP contribution in [0.15, 0.2) is 18.2 Å². The first-order valence-electron chi connectivity index (χ1n) is 11.3.